The number of hydrogen-bond acceptors (Lipinski definition) is 5. The molecule has 3 aromatic carbocycles. The first kappa shape index (κ1) is 24.8. The lowest BCUT2D eigenvalue weighted by Crippen LogP contribution is -2.42. The zero-order valence-corrected chi connectivity index (χ0v) is 19.7. The lowest BCUT2D eigenvalue weighted by Gasteiger charge is -2.29. The van der Waals surface area contributed by atoms with Crippen LogP contribution in [0.2, 0.25) is 10.0 Å². The monoisotopic (exact) mass is 523 g/mol. The Kier molecular flexibility index (Phi) is 6.91. The van der Waals surface area contributed by atoms with Crippen molar-refractivity contribution in [2.24, 2.45) is 10.3 Å². The highest BCUT2D eigenvalue weighted by molar-refractivity contribution is 6.34. The average Bonchev–Trinajstić information content (AvgIpc) is 3.27. The molecule has 1 aliphatic heterocycles. The molecule has 0 spiro atoms. The van der Waals surface area contributed by atoms with E-state index in [-0.39, 0.29) is 33.8 Å². The van der Waals surface area contributed by atoms with Crippen molar-refractivity contribution >= 4 is 51.8 Å². The molecule has 4 rings (SSSR count). The number of amides is 1. The van der Waals surface area contributed by atoms with Gasteiger partial charge >= 0.3 is 6.18 Å². The fourth-order valence-corrected chi connectivity index (χ4v) is 4.46. The van der Waals surface area contributed by atoms with Gasteiger partial charge in [0, 0.05) is 33.2 Å². The predicted octanol–water partition coefficient (Wildman–Crippen LogP) is 6.09. The Morgan fingerprint density at radius 3 is 2.51 bits per heavy atom. The second-order valence-electron chi connectivity index (χ2n) is 7.68. The third-order valence-electron chi connectivity index (χ3n) is 5.53. The summed E-state index contributed by atoms with van der Waals surface area (Å²) in [6.07, 6.45) is -4.03. The molecule has 1 aliphatic rings. The van der Waals surface area contributed by atoms with Crippen LogP contribution in [0.25, 0.3) is 10.8 Å². The normalized spacial score (nSPS) is 17.9. The minimum atomic E-state index is -4.81. The first-order valence-corrected chi connectivity index (χ1v) is 11.1. The maximum atomic E-state index is 14.4. The molecule has 11 heteroatoms. The highest BCUT2D eigenvalue weighted by Gasteiger charge is 2.62. The Balaban J connectivity index is 1.73. The molecule has 0 bridgehead atoms. The van der Waals surface area contributed by atoms with E-state index in [1.54, 1.807) is 30.3 Å². The summed E-state index contributed by atoms with van der Waals surface area (Å²) in [5, 5.41) is 11.3. The Morgan fingerprint density at radius 1 is 1.17 bits per heavy atom. The largest absolute Gasteiger partial charge is 0.435 e. The quantitative estimate of drug-likeness (QED) is 0.313. The molecule has 0 saturated heterocycles. The van der Waals surface area contributed by atoms with Crippen molar-refractivity contribution in [1.29, 1.82) is 0 Å². The zero-order valence-electron chi connectivity index (χ0n) is 18.2. The Hall–Kier alpha value is -3.30. The van der Waals surface area contributed by atoms with Gasteiger partial charge in [0.05, 0.1) is 18.5 Å². The minimum Gasteiger partial charge on any atom is -0.399 e. The summed E-state index contributed by atoms with van der Waals surface area (Å²) in [7, 11) is 1.38. The highest BCUT2D eigenvalue weighted by atomic mass is 35.5. The van der Waals surface area contributed by atoms with E-state index in [4.69, 9.17) is 28.0 Å². The van der Waals surface area contributed by atoms with E-state index >= 15 is 0 Å². The van der Waals surface area contributed by atoms with Crippen molar-refractivity contribution in [2.75, 3.05) is 13.7 Å². The Labute approximate surface area is 208 Å². The fourth-order valence-electron chi connectivity index (χ4n) is 3.93. The molecule has 1 heterocycles. The van der Waals surface area contributed by atoms with E-state index in [1.165, 1.54) is 25.5 Å². The first-order valence-electron chi connectivity index (χ1n) is 10.3. The van der Waals surface area contributed by atoms with Gasteiger partial charge in [0.1, 0.15) is 7.11 Å². The topological polar surface area (TPSA) is 72.3 Å². The Morgan fingerprint density at radius 2 is 1.86 bits per heavy atom. The third-order valence-corrected chi connectivity index (χ3v) is 5.96. The number of nitrogens with one attached hydrogen (secondary N) is 1. The van der Waals surface area contributed by atoms with E-state index in [0.717, 1.165) is 12.1 Å². The molecule has 0 aromatic heterocycles. The van der Waals surface area contributed by atoms with E-state index in [9.17, 15) is 18.0 Å². The summed E-state index contributed by atoms with van der Waals surface area (Å²) in [6.45, 7) is 0.138. The van der Waals surface area contributed by atoms with Crippen LogP contribution < -0.4 is 5.32 Å². The number of hydrogen-bond donors (Lipinski definition) is 1. The predicted molar refractivity (Wildman–Crippen MR) is 128 cm³/mol. The molecular weight excluding hydrogens is 506 g/mol. The van der Waals surface area contributed by atoms with E-state index in [1.807, 2.05) is 0 Å². The van der Waals surface area contributed by atoms with Crippen LogP contribution in [0, 0.1) is 0 Å². The number of rotatable bonds is 6. The van der Waals surface area contributed by atoms with Crippen LogP contribution in [0.1, 0.15) is 27.9 Å². The molecule has 0 saturated carbocycles. The third kappa shape index (κ3) is 4.78. The minimum absolute atomic E-state index is 0.0459. The number of halogens is 5. The maximum absolute atomic E-state index is 14.4. The molecule has 0 aliphatic carbocycles. The SMILES string of the molecule is CON=CCNC(=O)c1ccc(C2=NOC(c3cc(Cl)cc(Cl)c3)(C(F)(F)F)C2)c2ccccc12. The summed E-state index contributed by atoms with van der Waals surface area (Å²) in [5.74, 6) is -0.377. The van der Waals surface area contributed by atoms with Crippen LogP contribution in [-0.2, 0) is 15.3 Å². The second kappa shape index (κ2) is 9.75. The lowest BCUT2D eigenvalue weighted by atomic mass is 9.85. The molecule has 3 aromatic rings. The van der Waals surface area contributed by atoms with Crippen LogP contribution in [0.15, 0.2) is 64.9 Å². The van der Waals surface area contributed by atoms with Crippen molar-refractivity contribution in [3.05, 3.63) is 81.3 Å². The van der Waals surface area contributed by atoms with Crippen molar-refractivity contribution in [3.63, 3.8) is 0 Å². The first-order chi connectivity index (χ1) is 16.7. The van der Waals surface area contributed by atoms with Crippen molar-refractivity contribution < 1.29 is 27.6 Å². The van der Waals surface area contributed by atoms with E-state index in [0.29, 0.717) is 21.9 Å². The highest BCUT2D eigenvalue weighted by Crippen LogP contribution is 2.50. The van der Waals surface area contributed by atoms with Gasteiger partial charge in [-0.15, -0.1) is 0 Å². The summed E-state index contributed by atoms with van der Waals surface area (Å²) >= 11 is 12.0. The van der Waals surface area contributed by atoms with E-state index in [2.05, 4.69) is 20.5 Å². The van der Waals surface area contributed by atoms with Crippen LogP contribution in [0.3, 0.4) is 0 Å². The molecule has 0 radical (unpaired) electrons. The van der Waals surface area contributed by atoms with Gasteiger partial charge in [-0.1, -0.05) is 63.8 Å². The van der Waals surface area contributed by atoms with Gasteiger partial charge in [-0.05, 0) is 35.0 Å². The van der Waals surface area contributed by atoms with Gasteiger partial charge in [0.2, 0.25) is 0 Å². The number of carbonyl (C=O) groups excluding carboxylic acids is 1. The van der Waals surface area contributed by atoms with Crippen LogP contribution in [-0.4, -0.2) is 37.7 Å². The number of nitrogens with zero attached hydrogens (tertiary/aromatic N) is 2. The summed E-state index contributed by atoms with van der Waals surface area (Å²) in [5.41, 5.74) is -2.17. The summed E-state index contributed by atoms with van der Waals surface area (Å²) in [6, 6.07) is 13.6. The number of carbonyl (C=O) groups is 1. The molecule has 1 unspecified atom stereocenters. The molecule has 1 N–H and O–H groups in total. The summed E-state index contributed by atoms with van der Waals surface area (Å²) < 4.78 is 43.1. The van der Waals surface area contributed by atoms with Gasteiger partial charge in [-0.25, -0.2) is 0 Å². The van der Waals surface area contributed by atoms with Crippen LogP contribution >= 0.6 is 23.2 Å². The zero-order chi connectivity index (χ0) is 25.2. The van der Waals surface area contributed by atoms with Gasteiger partial charge in [0.25, 0.3) is 11.5 Å². The van der Waals surface area contributed by atoms with Crippen molar-refractivity contribution in [1.82, 2.24) is 5.32 Å². The summed E-state index contributed by atoms with van der Waals surface area (Å²) in [4.78, 5) is 22.4. The van der Waals surface area contributed by atoms with Crippen molar-refractivity contribution in [2.45, 2.75) is 18.2 Å². The molecule has 0 fully saturated rings. The van der Waals surface area contributed by atoms with Crippen LogP contribution in [0.5, 0.6) is 0 Å². The number of alkyl halides is 3. The van der Waals surface area contributed by atoms with Crippen LogP contribution in [0.4, 0.5) is 13.2 Å². The maximum Gasteiger partial charge on any atom is 0.435 e. The molecule has 182 valence electrons. The van der Waals surface area contributed by atoms with Gasteiger partial charge in [-0.3, -0.25) is 4.79 Å². The molecular formula is C24H18Cl2F3N3O3. The number of fused-ring (bicyclic) bond motifs is 1. The molecule has 6 nitrogen and oxygen atoms in total. The fraction of sp³-hybridized carbons (Fsp3) is 0.208. The smallest absolute Gasteiger partial charge is 0.399 e. The molecule has 1 atom stereocenters. The van der Waals surface area contributed by atoms with Gasteiger partial charge < -0.3 is 15.0 Å². The molecule has 35 heavy (non-hydrogen) atoms. The van der Waals surface area contributed by atoms with Gasteiger partial charge in [-0.2, -0.15) is 13.2 Å². The van der Waals surface area contributed by atoms with E-state index < -0.39 is 18.2 Å². The second-order valence-corrected chi connectivity index (χ2v) is 8.55. The lowest BCUT2D eigenvalue weighted by molar-refractivity contribution is -0.275. The van der Waals surface area contributed by atoms with Crippen molar-refractivity contribution in [3.8, 4) is 0 Å². The molecule has 1 amide bonds. The number of oxime groups is 2. The standard InChI is InChI=1S/C24H18Cl2F3N3O3/c1-34-31-9-8-30-22(33)20-7-6-19(17-4-2-3-5-18(17)20)21-13-23(35-32-21,24(27,28)29)14-10-15(25)12-16(26)11-14/h2-7,9-12H,8,13H2,1H3,(H,30,33). The van der Waals surface area contributed by atoms with Gasteiger partial charge in [0.15, 0.2) is 0 Å². The average molecular weight is 524 g/mol. The number of benzene rings is 3. The Bertz CT molecular complexity index is 1320.